The van der Waals surface area contributed by atoms with Crippen molar-refractivity contribution in [2.45, 2.75) is 33.4 Å². The smallest absolute Gasteiger partial charge is 0.262 e. The number of para-hydroxylation sites is 1. The SMILES string of the molecule is Cc1cccc(C(=O)N[C@H](C(=O)N/N=C\c2cn(Cc3ccc(Cl)cc3Cl)c3ccccc23)C(C)C)c1. The molecule has 0 aliphatic carbocycles. The van der Waals surface area contributed by atoms with Gasteiger partial charge in [-0.1, -0.05) is 79.0 Å². The van der Waals surface area contributed by atoms with Crippen LogP contribution < -0.4 is 10.7 Å². The lowest BCUT2D eigenvalue weighted by Gasteiger charge is -2.20. The van der Waals surface area contributed by atoms with Crippen LogP contribution in [0.25, 0.3) is 10.9 Å². The Morgan fingerprint density at radius 3 is 2.54 bits per heavy atom. The number of hydrazone groups is 1. The minimum absolute atomic E-state index is 0.130. The number of carbonyl (C=O) groups excluding carboxylic acids is 2. The second-order valence-corrected chi connectivity index (χ2v) is 10.1. The molecule has 6 nitrogen and oxygen atoms in total. The van der Waals surface area contributed by atoms with Crippen LogP contribution in [0.15, 0.2) is 78.0 Å². The highest BCUT2D eigenvalue weighted by molar-refractivity contribution is 6.35. The Labute approximate surface area is 226 Å². The summed E-state index contributed by atoms with van der Waals surface area (Å²) >= 11 is 12.4. The zero-order valence-electron chi connectivity index (χ0n) is 20.8. The molecule has 8 heteroatoms. The fourth-order valence-corrected chi connectivity index (χ4v) is 4.59. The minimum atomic E-state index is -0.737. The third-order valence-corrected chi connectivity index (χ3v) is 6.66. The fourth-order valence-electron chi connectivity index (χ4n) is 4.12. The molecule has 0 saturated carbocycles. The molecule has 4 aromatic rings. The lowest BCUT2D eigenvalue weighted by atomic mass is 10.0. The Kier molecular flexibility index (Phi) is 8.31. The number of halogens is 2. The van der Waals surface area contributed by atoms with E-state index in [1.165, 1.54) is 0 Å². The summed E-state index contributed by atoms with van der Waals surface area (Å²) in [6.45, 7) is 6.22. The Morgan fingerprint density at radius 1 is 1.03 bits per heavy atom. The molecule has 0 unspecified atom stereocenters. The molecule has 0 radical (unpaired) electrons. The lowest BCUT2D eigenvalue weighted by molar-refractivity contribution is -0.123. The number of amides is 2. The predicted molar refractivity (Wildman–Crippen MR) is 151 cm³/mol. The first-order chi connectivity index (χ1) is 17.7. The highest BCUT2D eigenvalue weighted by atomic mass is 35.5. The average Bonchev–Trinajstić information content (AvgIpc) is 3.21. The standard InChI is InChI=1S/C29H28Cl2N4O2/c1-18(2)27(33-28(36)20-8-6-7-19(3)13-20)29(37)34-32-15-22-17-35(26-10-5-4-9-24(22)26)16-21-11-12-23(30)14-25(21)31/h4-15,17-18,27H,16H2,1-3H3,(H,33,36)(H,34,37)/b32-15-/t27-/m0/s1. The first kappa shape index (κ1) is 26.5. The summed E-state index contributed by atoms with van der Waals surface area (Å²) < 4.78 is 2.08. The van der Waals surface area contributed by atoms with Crippen molar-refractivity contribution in [2.75, 3.05) is 0 Å². The van der Waals surface area contributed by atoms with Gasteiger partial charge in [0.25, 0.3) is 11.8 Å². The molecule has 2 amide bonds. The quantitative estimate of drug-likeness (QED) is 0.208. The first-order valence-corrected chi connectivity index (χ1v) is 12.7. The van der Waals surface area contributed by atoms with Crippen molar-refractivity contribution in [3.63, 3.8) is 0 Å². The van der Waals surface area contributed by atoms with Gasteiger partial charge in [-0.2, -0.15) is 5.10 Å². The molecule has 0 aliphatic rings. The molecule has 1 atom stereocenters. The molecule has 0 bridgehead atoms. The van der Waals surface area contributed by atoms with E-state index >= 15 is 0 Å². The van der Waals surface area contributed by atoms with Crippen molar-refractivity contribution in [3.05, 3.63) is 105 Å². The zero-order chi connectivity index (χ0) is 26.5. The molecule has 0 aliphatic heterocycles. The van der Waals surface area contributed by atoms with Gasteiger partial charge in [0.05, 0.1) is 6.21 Å². The molecular weight excluding hydrogens is 507 g/mol. The molecule has 2 N–H and O–H groups in total. The van der Waals surface area contributed by atoms with Gasteiger partial charge >= 0.3 is 0 Å². The van der Waals surface area contributed by atoms with Crippen LogP contribution in [0, 0.1) is 12.8 Å². The highest BCUT2D eigenvalue weighted by Crippen LogP contribution is 2.25. The number of nitrogens with zero attached hydrogens (tertiary/aromatic N) is 2. The van der Waals surface area contributed by atoms with E-state index < -0.39 is 6.04 Å². The Balaban J connectivity index is 1.50. The van der Waals surface area contributed by atoms with E-state index in [-0.39, 0.29) is 17.7 Å². The molecule has 0 saturated heterocycles. The molecule has 0 spiro atoms. The van der Waals surface area contributed by atoms with Crippen LogP contribution in [0.5, 0.6) is 0 Å². The average molecular weight is 535 g/mol. The normalized spacial score (nSPS) is 12.3. The summed E-state index contributed by atoms with van der Waals surface area (Å²) in [4.78, 5) is 25.6. The molecule has 190 valence electrons. The van der Waals surface area contributed by atoms with Gasteiger partial charge in [-0.05, 0) is 48.7 Å². The maximum atomic E-state index is 12.9. The number of fused-ring (bicyclic) bond motifs is 1. The molecule has 3 aromatic carbocycles. The van der Waals surface area contributed by atoms with Crippen LogP contribution in [-0.4, -0.2) is 28.6 Å². The van der Waals surface area contributed by atoms with Gasteiger partial charge in [0.15, 0.2) is 0 Å². The maximum absolute atomic E-state index is 12.9. The van der Waals surface area contributed by atoms with Crippen molar-refractivity contribution in [1.82, 2.24) is 15.3 Å². The molecule has 0 fully saturated rings. The number of hydrogen-bond acceptors (Lipinski definition) is 3. The van der Waals surface area contributed by atoms with Crippen LogP contribution in [-0.2, 0) is 11.3 Å². The van der Waals surface area contributed by atoms with Crippen LogP contribution in [0.3, 0.4) is 0 Å². The van der Waals surface area contributed by atoms with E-state index in [0.717, 1.165) is 27.6 Å². The molecule has 4 rings (SSSR count). The van der Waals surface area contributed by atoms with Crippen molar-refractivity contribution >= 4 is 52.1 Å². The van der Waals surface area contributed by atoms with E-state index in [0.29, 0.717) is 22.2 Å². The second kappa shape index (κ2) is 11.6. The fraction of sp³-hybridized carbons (Fsp3) is 0.207. The van der Waals surface area contributed by atoms with E-state index in [4.69, 9.17) is 23.2 Å². The monoisotopic (exact) mass is 534 g/mol. The van der Waals surface area contributed by atoms with E-state index in [2.05, 4.69) is 20.4 Å². The van der Waals surface area contributed by atoms with Gasteiger partial charge < -0.3 is 9.88 Å². The van der Waals surface area contributed by atoms with Gasteiger partial charge in [0.1, 0.15) is 6.04 Å². The lowest BCUT2D eigenvalue weighted by Crippen LogP contribution is -2.48. The van der Waals surface area contributed by atoms with Crippen molar-refractivity contribution < 1.29 is 9.59 Å². The Hall–Kier alpha value is -3.61. The zero-order valence-corrected chi connectivity index (χ0v) is 22.3. The van der Waals surface area contributed by atoms with Crippen LogP contribution in [0.2, 0.25) is 10.0 Å². The van der Waals surface area contributed by atoms with E-state index in [1.807, 2.05) is 75.5 Å². The maximum Gasteiger partial charge on any atom is 0.262 e. The van der Waals surface area contributed by atoms with Crippen molar-refractivity contribution in [3.8, 4) is 0 Å². The third-order valence-electron chi connectivity index (χ3n) is 6.07. The summed E-state index contributed by atoms with van der Waals surface area (Å²) in [5.74, 6) is -0.815. The molecular formula is C29H28Cl2N4O2. The van der Waals surface area contributed by atoms with E-state index in [9.17, 15) is 9.59 Å². The topological polar surface area (TPSA) is 75.5 Å². The number of rotatable bonds is 8. The van der Waals surface area contributed by atoms with Gasteiger partial charge in [-0.3, -0.25) is 9.59 Å². The summed E-state index contributed by atoms with van der Waals surface area (Å²) in [6, 6.07) is 19.9. The van der Waals surface area contributed by atoms with Crippen LogP contribution >= 0.6 is 23.2 Å². The van der Waals surface area contributed by atoms with Gasteiger partial charge in [-0.25, -0.2) is 5.43 Å². The van der Waals surface area contributed by atoms with Crippen LogP contribution in [0.1, 0.15) is 40.9 Å². The number of benzene rings is 3. The van der Waals surface area contributed by atoms with Crippen molar-refractivity contribution in [2.24, 2.45) is 11.0 Å². The summed E-state index contributed by atoms with van der Waals surface area (Å²) in [5.41, 5.74) is 6.86. The number of aromatic nitrogens is 1. The van der Waals surface area contributed by atoms with Crippen molar-refractivity contribution in [1.29, 1.82) is 0 Å². The second-order valence-electron chi connectivity index (χ2n) is 9.26. The number of hydrogen-bond donors (Lipinski definition) is 2. The molecule has 1 aromatic heterocycles. The summed E-state index contributed by atoms with van der Waals surface area (Å²) in [7, 11) is 0. The first-order valence-electron chi connectivity index (χ1n) is 11.9. The van der Waals surface area contributed by atoms with Crippen LogP contribution in [0.4, 0.5) is 0 Å². The minimum Gasteiger partial charge on any atom is -0.342 e. The predicted octanol–water partition coefficient (Wildman–Crippen LogP) is 6.21. The molecule has 1 heterocycles. The number of nitrogens with one attached hydrogen (secondary N) is 2. The van der Waals surface area contributed by atoms with E-state index in [1.54, 1.807) is 24.4 Å². The Morgan fingerprint density at radius 2 is 1.81 bits per heavy atom. The largest absolute Gasteiger partial charge is 0.342 e. The number of carbonyl (C=O) groups is 2. The Bertz CT molecular complexity index is 1480. The summed E-state index contributed by atoms with van der Waals surface area (Å²) in [5, 5.41) is 9.20. The molecule has 37 heavy (non-hydrogen) atoms. The van der Waals surface area contributed by atoms with Gasteiger partial charge in [0, 0.05) is 44.8 Å². The number of aryl methyl sites for hydroxylation is 1. The highest BCUT2D eigenvalue weighted by Gasteiger charge is 2.24. The third kappa shape index (κ3) is 6.40. The van der Waals surface area contributed by atoms with Gasteiger partial charge in [0.2, 0.25) is 0 Å². The summed E-state index contributed by atoms with van der Waals surface area (Å²) in [6.07, 6.45) is 3.57. The van der Waals surface area contributed by atoms with Gasteiger partial charge in [-0.15, -0.1) is 0 Å².